The number of ether oxygens (including phenoxy) is 1. The molecule has 0 bridgehead atoms. The summed E-state index contributed by atoms with van der Waals surface area (Å²) in [6.45, 7) is 4.34. The molecule has 0 aliphatic heterocycles. The Kier molecular flexibility index (Phi) is 8.58. The molecule has 0 aliphatic rings. The second kappa shape index (κ2) is 12.2. The first-order valence-corrected chi connectivity index (χ1v) is 12.9. The second-order valence-electron chi connectivity index (χ2n) is 8.14. The SMILES string of the molecule is CCO/C(CC)=N\NC(=O)c1ccc(SC(c2ccccc2)(c2ccccc2)c2ccccc2)cc1. The van der Waals surface area contributed by atoms with Crippen LogP contribution in [-0.2, 0) is 9.48 Å². The van der Waals surface area contributed by atoms with Crippen LogP contribution in [0.15, 0.2) is 125 Å². The van der Waals surface area contributed by atoms with Gasteiger partial charge in [-0.1, -0.05) is 97.9 Å². The number of hydrazone groups is 1. The van der Waals surface area contributed by atoms with Gasteiger partial charge in [0, 0.05) is 16.9 Å². The van der Waals surface area contributed by atoms with Crippen LogP contribution in [0.5, 0.6) is 0 Å². The van der Waals surface area contributed by atoms with Crippen molar-refractivity contribution in [1.29, 1.82) is 0 Å². The maximum atomic E-state index is 12.6. The van der Waals surface area contributed by atoms with E-state index in [0.29, 0.717) is 24.5 Å². The highest BCUT2D eigenvalue weighted by atomic mass is 32.2. The third kappa shape index (κ3) is 5.69. The van der Waals surface area contributed by atoms with Crippen LogP contribution < -0.4 is 5.43 Å². The maximum Gasteiger partial charge on any atom is 0.271 e. The predicted octanol–water partition coefficient (Wildman–Crippen LogP) is 7.26. The van der Waals surface area contributed by atoms with Gasteiger partial charge >= 0.3 is 0 Å². The minimum Gasteiger partial charge on any atom is -0.480 e. The van der Waals surface area contributed by atoms with Gasteiger partial charge in [0.25, 0.3) is 5.91 Å². The molecule has 0 atom stereocenters. The van der Waals surface area contributed by atoms with E-state index in [0.717, 1.165) is 4.90 Å². The van der Waals surface area contributed by atoms with Gasteiger partial charge < -0.3 is 4.74 Å². The summed E-state index contributed by atoms with van der Waals surface area (Å²) in [5, 5.41) is 4.10. The summed E-state index contributed by atoms with van der Waals surface area (Å²) >= 11 is 1.77. The fourth-order valence-electron chi connectivity index (χ4n) is 4.10. The molecule has 5 heteroatoms. The van der Waals surface area contributed by atoms with E-state index < -0.39 is 4.75 Å². The second-order valence-corrected chi connectivity index (χ2v) is 9.43. The number of amides is 1. The molecule has 4 aromatic rings. The number of thioether (sulfide) groups is 1. The molecule has 0 heterocycles. The van der Waals surface area contributed by atoms with Crippen LogP contribution >= 0.6 is 11.8 Å². The number of hydrogen-bond acceptors (Lipinski definition) is 4. The number of rotatable bonds is 9. The Morgan fingerprint density at radius 3 is 1.64 bits per heavy atom. The first kappa shape index (κ1) is 25.3. The van der Waals surface area contributed by atoms with Crippen LogP contribution in [0.4, 0.5) is 0 Å². The van der Waals surface area contributed by atoms with E-state index in [2.05, 4.69) is 83.3 Å². The smallest absolute Gasteiger partial charge is 0.271 e. The van der Waals surface area contributed by atoms with Crippen molar-refractivity contribution in [3.63, 3.8) is 0 Å². The maximum absolute atomic E-state index is 12.6. The van der Waals surface area contributed by atoms with Crippen molar-refractivity contribution in [1.82, 2.24) is 5.43 Å². The van der Waals surface area contributed by atoms with E-state index in [4.69, 9.17) is 4.74 Å². The van der Waals surface area contributed by atoms with Gasteiger partial charge in [0.2, 0.25) is 5.90 Å². The highest BCUT2D eigenvalue weighted by molar-refractivity contribution is 8.00. The molecular formula is C31H30N2O2S. The van der Waals surface area contributed by atoms with E-state index in [1.54, 1.807) is 11.8 Å². The summed E-state index contributed by atoms with van der Waals surface area (Å²) in [6, 6.07) is 39.3. The molecule has 0 fully saturated rings. The third-order valence-electron chi connectivity index (χ3n) is 5.82. The normalized spacial score (nSPS) is 11.7. The molecule has 4 nitrogen and oxygen atoms in total. The number of carbonyl (C=O) groups is 1. The minimum absolute atomic E-state index is 0.266. The molecule has 1 amide bonds. The number of benzene rings is 4. The molecule has 0 saturated carbocycles. The van der Waals surface area contributed by atoms with Crippen molar-refractivity contribution in [2.75, 3.05) is 6.61 Å². The van der Waals surface area contributed by atoms with Gasteiger partial charge in [0.15, 0.2) is 0 Å². The Hall–Kier alpha value is -3.83. The van der Waals surface area contributed by atoms with Crippen LogP contribution in [0.1, 0.15) is 47.3 Å². The fraction of sp³-hybridized carbons (Fsp3) is 0.161. The summed E-state index contributed by atoms with van der Waals surface area (Å²) in [7, 11) is 0. The molecule has 0 saturated heterocycles. The zero-order valence-corrected chi connectivity index (χ0v) is 21.4. The largest absolute Gasteiger partial charge is 0.480 e. The quantitative estimate of drug-likeness (QED) is 0.0876. The Labute approximate surface area is 217 Å². The van der Waals surface area contributed by atoms with Crippen molar-refractivity contribution >= 4 is 23.6 Å². The standard InChI is InChI=1S/C31H30N2O2S/c1-3-29(35-4-2)32-33-30(34)24-20-22-28(23-21-24)36-31(25-14-8-5-9-15-25,26-16-10-6-11-17-26)27-18-12-7-13-19-27/h5-23H,3-4H2,1-2H3,(H,33,34)/b32-29-. The Balaban J connectivity index is 1.70. The van der Waals surface area contributed by atoms with Gasteiger partial charge in [-0.05, 0) is 47.9 Å². The molecule has 0 spiro atoms. The lowest BCUT2D eigenvalue weighted by molar-refractivity contribution is 0.0952. The topological polar surface area (TPSA) is 50.7 Å². The Morgan fingerprint density at radius 2 is 1.22 bits per heavy atom. The minimum atomic E-state index is -0.467. The van der Waals surface area contributed by atoms with E-state index in [9.17, 15) is 4.79 Å². The average molecular weight is 495 g/mol. The zero-order valence-electron chi connectivity index (χ0n) is 20.6. The van der Waals surface area contributed by atoms with Crippen LogP contribution in [-0.4, -0.2) is 18.4 Å². The molecule has 182 valence electrons. The molecule has 4 aromatic carbocycles. The molecule has 4 rings (SSSR count). The molecule has 0 aromatic heterocycles. The highest BCUT2D eigenvalue weighted by Gasteiger charge is 2.37. The van der Waals surface area contributed by atoms with Crippen molar-refractivity contribution in [3.8, 4) is 0 Å². The van der Waals surface area contributed by atoms with Crippen LogP contribution in [0.2, 0.25) is 0 Å². The average Bonchev–Trinajstić information content (AvgIpc) is 2.95. The summed E-state index contributed by atoms with van der Waals surface area (Å²) < 4.78 is 4.94. The number of hydrogen-bond donors (Lipinski definition) is 1. The molecule has 0 radical (unpaired) electrons. The van der Waals surface area contributed by atoms with Crippen molar-refractivity contribution in [2.24, 2.45) is 5.10 Å². The van der Waals surface area contributed by atoms with Crippen molar-refractivity contribution < 1.29 is 9.53 Å². The van der Waals surface area contributed by atoms with Gasteiger partial charge in [-0.2, -0.15) is 0 Å². The van der Waals surface area contributed by atoms with Crippen LogP contribution in [0, 0.1) is 0 Å². The third-order valence-corrected chi connectivity index (χ3v) is 7.35. The zero-order chi connectivity index (χ0) is 25.2. The van der Waals surface area contributed by atoms with Crippen molar-refractivity contribution in [3.05, 3.63) is 138 Å². The summed E-state index contributed by atoms with van der Waals surface area (Å²) in [5.41, 5.74) is 6.70. The lowest BCUT2D eigenvalue weighted by Gasteiger charge is -2.35. The first-order valence-electron chi connectivity index (χ1n) is 12.1. The molecule has 0 unspecified atom stereocenters. The van der Waals surface area contributed by atoms with E-state index in [1.807, 2.05) is 56.3 Å². The van der Waals surface area contributed by atoms with Crippen LogP contribution in [0.3, 0.4) is 0 Å². The lowest BCUT2D eigenvalue weighted by atomic mass is 9.84. The van der Waals surface area contributed by atoms with E-state index >= 15 is 0 Å². The predicted molar refractivity (Wildman–Crippen MR) is 148 cm³/mol. The first-order chi connectivity index (χ1) is 17.7. The molecule has 0 aliphatic carbocycles. The van der Waals surface area contributed by atoms with Gasteiger partial charge in [-0.3, -0.25) is 4.79 Å². The van der Waals surface area contributed by atoms with Gasteiger partial charge in [-0.25, -0.2) is 5.43 Å². The monoisotopic (exact) mass is 494 g/mol. The van der Waals surface area contributed by atoms with E-state index in [-0.39, 0.29) is 5.91 Å². The highest BCUT2D eigenvalue weighted by Crippen LogP contribution is 2.51. The van der Waals surface area contributed by atoms with Crippen molar-refractivity contribution in [2.45, 2.75) is 29.9 Å². The summed E-state index contributed by atoms with van der Waals surface area (Å²) in [6.07, 6.45) is 0.615. The summed E-state index contributed by atoms with van der Waals surface area (Å²) in [5.74, 6) is 0.244. The fourth-order valence-corrected chi connectivity index (χ4v) is 5.49. The van der Waals surface area contributed by atoms with Crippen LogP contribution in [0.25, 0.3) is 0 Å². The van der Waals surface area contributed by atoms with Gasteiger partial charge in [0.05, 0.1) is 11.4 Å². The summed E-state index contributed by atoms with van der Waals surface area (Å²) in [4.78, 5) is 13.7. The molecule has 1 N–H and O–H groups in total. The lowest BCUT2D eigenvalue weighted by Crippen LogP contribution is -2.25. The number of nitrogens with zero attached hydrogens (tertiary/aromatic N) is 1. The number of carbonyl (C=O) groups excluding carboxylic acids is 1. The van der Waals surface area contributed by atoms with Gasteiger partial charge in [0.1, 0.15) is 0 Å². The van der Waals surface area contributed by atoms with E-state index in [1.165, 1.54) is 16.7 Å². The molecular weight excluding hydrogens is 464 g/mol. The Bertz CT molecular complexity index is 1180. The Morgan fingerprint density at radius 1 is 0.750 bits per heavy atom. The molecule has 36 heavy (non-hydrogen) atoms. The van der Waals surface area contributed by atoms with Gasteiger partial charge in [-0.15, -0.1) is 16.9 Å². The number of nitrogens with one attached hydrogen (secondary N) is 1.